The molecular formula is C18H15NO2S. The maximum atomic E-state index is 11.2. The van der Waals surface area contributed by atoms with Crippen LogP contribution in [0.2, 0.25) is 0 Å². The highest BCUT2D eigenvalue weighted by Crippen LogP contribution is 2.30. The lowest BCUT2D eigenvalue weighted by atomic mass is 10.1. The topological polar surface area (TPSA) is 50.2 Å². The fourth-order valence-corrected chi connectivity index (χ4v) is 3.20. The molecule has 110 valence electrons. The first-order valence-corrected chi connectivity index (χ1v) is 7.78. The molecule has 0 unspecified atom stereocenters. The molecule has 0 radical (unpaired) electrons. The number of thiazole rings is 1. The number of carboxylic acid groups (broad SMARTS) is 1. The maximum Gasteiger partial charge on any atom is 0.307 e. The van der Waals surface area contributed by atoms with E-state index in [-0.39, 0.29) is 6.42 Å². The third-order valence-electron chi connectivity index (χ3n) is 3.33. The Hall–Kier alpha value is -2.46. The van der Waals surface area contributed by atoms with Gasteiger partial charge in [0.15, 0.2) is 0 Å². The third kappa shape index (κ3) is 3.23. The van der Waals surface area contributed by atoms with Gasteiger partial charge in [-0.2, -0.15) is 0 Å². The fourth-order valence-electron chi connectivity index (χ4n) is 2.22. The largest absolute Gasteiger partial charge is 0.481 e. The number of carboxylic acids is 1. The standard InChI is InChI=1S/C18H15NO2S/c1-12-6-8-13(9-7-12)10-14(11-17(20)21)18-19-15-4-2-3-5-16(15)22-18/h2-10H,11H2,1H3,(H,20,21). The van der Waals surface area contributed by atoms with E-state index < -0.39 is 5.97 Å². The van der Waals surface area contributed by atoms with Gasteiger partial charge in [0.2, 0.25) is 0 Å². The molecule has 0 amide bonds. The first kappa shape index (κ1) is 14.5. The van der Waals surface area contributed by atoms with Crippen molar-refractivity contribution in [1.82, 2.24) is 4.98 Å². The number of aryl methyl sites for hydroxylation is 1. The maximum absolute atomic E-state index is 11.2. The summed E-state index contributed by atoms with van der Waals surface area (Å²) >= 11 is 1.53. The second kappa shape index (κ2) is 6.12. The molecule has 0 aliphatic heterocycles. The Balaban J connectivity index is 2.05. The fraction of sp³-hybridized carbons (Fsp3) is 0.111. The second-order valence-corrected chi connectivity index (χ2v) is 6.17. The smallest absolute Gasteiger partial charge is 0.307 e. The van der Waals surface area contributed by atoms with Gasteiger partial charge >= 0.3 is 5.97 Å². The van der Waals surface area contributed by atoms with Gasteiger partial charge in [-0.3, -0.25) is 4.79 Å². The minimum absolute atomic E-state index is 0.0340. The SMILES string of the molecule is Cc1ccc(C=C(CC(=O)O)c2nc3ccccc3s2)cc1. The molecule has 1 aromatic heterocycles. The lowest BCUT2D eigenvalue weighted by molar-refractivity contribution is -0.135. The first-order chi connectivity index (χ1) is 10.6. The van der Waals surface area contributed by atoms with Crippen LogP contribution in [-0.2, 0) is 4.79 Å². The summed E-state index contributed by atoms with van der Waals surface area (Å²) in [4.78, 5) is 15.7. The predicted molar refractivity (Wildman–Crippen MR) is 90.9 cm³/mol. The molecule has 0 spiro atoms. The Bertz CT molecular complexity index is 814. The van der Waals surface area contributed by atoms with E-state index in [0.717, 1.165) is 26.4 Å². The molecule has 2 aromatic carbocycles. The molecule has 0 saturated heterocycles. The molecule has 0 aliphatic rings. The van der Waals surface area contributed by atoms with E-state index in [1.807, 2.05) is 61.5 Å². The van der Waals surface area contributed by atoms with Crippen LogP contribution in [0.4, 0.5) is 0 Å². The lowest BCUT2D eigenvalue weighted by Gasteiger charge is -2.02. The summed E-state index contributed by atoms with van der Waals surface area (Å²) in [5.41, 5.74) is 3.80. The van der Waals surface area contributed by atoms with Crippen LogP contribution in [0, 0.1) is 6.92 Å². The summed E-state index contributed by atoms with van der Waals surface area (Å²) in [6, 6.07) is 15.9. The summed E-state index contributed by atoms with van der Waals surface area (Å²) in [7, 11) is 0. The highest BCUT2D eigenvalue weighted by Gasteiger charge is 2.12. The van der Waals surface area contributed by atoms with Crippen molar-refractivity contribution in [2.75, 3.05) is 0 Å². The molecule has 3 nitrogen and oxygen atoms in total. The molecule has 3 rings (SSSR count). The van der Waals surface area contributed by atoms with Crippen LogP contribution in [0.5, 0.6) is 0 Å². The number of nitrogens with zero attached hydrogens (tertiary/aromatic N) is 1. The Kier molecular flexibility index (Phi) is 4.02. The van der Waals surface area contributed by atoms with Gasteiger partial charge in [0.1, 0.15) is 5.01 Å². The first-order valence-electron chi connectivity index (χ1n) is 6.97. The van der Waals surface area contributed by atoms with Crippen LogP contribution in [0.1, 0.15) is 22.6 Å². The monoisotopic (exact) mass is 309 g/mol. The average Bonchev–Trinajstić information content (AvgIpc) is 2.92. The number of aromatic nitrogens is 1. The van der Waals surface area contributed by atoms with Gasteiger partial charge in [0.05, 0.1) is 16.6 Å². The second-order valence-electron chi connectivity index (χ2n) is 5.14. The van der Waals surface area contributed by atoms with Crippen LogP contribution in [0.3, 0.4) is 0 Å². The number of hydrogen-bond acceptors (Lipinski definition) is 3. The van der Waals surface area contributed by atoms with Crippen molar-refractivity contribution in [3.05, 3.63) is 64.7 Å². The molecule has 4 heteroatoms. The van der Waals surface area contributed by atoms with Crippen LogP contribution < -0.4 is 0 Å². The van der Waals surface area contributed by atoms with Crippen molar-refractivity contribution in [2.45, 2.75) is 13.3 Å². The minimum atomic E-state index is -0.849. The molecule has 3 aromatic rings. The summed E-state index contributed by atoms with van der Waals surface area (Å²) in [6.07, 6.45) is 1.87. The van der Waals surface area contributed by atoms with Crippen LogP contribution in [-0.4, -0.2) is 16.1 Å². The summed E-state index contributed by atoms with van der Waals surface area (Å²) in [5.74, 6) is -0.849. The molecule has 1 heterocycles. The van der Waals surface area contributed by atoms with Gasteiger partial charge in [0, 0.05) is 0 Å². The van der Waals surface area contributed by atoms with E-state index in [1.165, 1.54) is 16.9 Å². The van der Waals surface area contributed by atoms with Crippen molar-refractivity contribution in [3.63, 3.8) is 0 Å². The quantitative estimate of drug-likeness (QED) is 0.765. The number of hydrogen-bond donors (Lipinski definition) is 1. The molecule has 0 aliphatic carbocycles. The lowest BCUT2D eigenvalue weighted by Crippen LogP contribution is -1.97. The van der Waals surface area contributed by atoms with Gasteiger partial charge < -0.3 is 5.11 Å². The summed E-state index contributed by atoms with van der Waals surface area (Å²) in [6.45, 7) is 2.03. The molecule has 1 N–H and O–H groups in total. The van der Waals surface area contributed by atoms with E-state index in [1.54, 1.807) is 0 Å². The zero-order valence-electron chi connectivity index (χ0n) is 12.1. The molecule has 0 bridgehead atoms. The highest BCUT2D eigenvalue weighted by atomic mass is 32.1. The zero-order chi connectivity index (χ0) is 15.5. The Morgan fingerprint density at radius 1 is 1.18 bits per heavy atom. The molecule has 0 atom stereocenters. The molecule has 0 saturated carbocycles. The van der Waals surface area contributed by atoms with Crippen molar-refractivity contribution < 1.29 is 9.90 Å². The van der Waals surface area contributed by atoms with E-state index in [9.17, 15) is 9.90 Å². The predicted octanol–water partition coefficient (Wildman–Crippen LogP) is 4.62. The Labute approximate surface area is 132 Å². The zero-order valence-corrected chi connectivity index (χ0v) is 12.9. The van der Waals surface area contributed by atoms with Gasteiger partial charge in [-0.1, -0.05) is 42.0 Å². The van der Waals surface area contributed by atoms with Crippen LogP contribution >= 0.6 is 11.3 Å². The van der Waals surface area contributed by atoms with E-state index in [2.05, 4.69) is 4.98 Å². The van der Waals surface area contributed by atoms with Crippen molar-refractivity contribution >= 4 is 39.2 Å². The van der Waals surface area contributed by atoms with Gasteiger partial charge in [-0.25, -0.2) is 4.98 Å². The Morgan fingerprint density at radius 2 is 1.91 bits per heavy atom. The number of aliphatic carboxylic acids is 1. The normalized spacial score (nSPS) is 11.8. The molecule has 22 heavy (non-hydrogen) atoms. The van der Waals surface area contributed by atoms with E-state index in [4.69, 9.17) is 0 Å². The molecular weight excluding hydrogens is 294 g/mol. The number of para-hydroxylation sites is 1. The highest BCUT2D eigenvalue weighted by molar-refractivity contribution is 7.19. The Morgan fingerprint density at radius 3 is 2.59 bits per heavy atom. The number of fused-ring (bicyclic) bond motifs is 1. The van der Waals surface area contributed by atoms with E-state index >= 15 is 0 Å². The van der Waals surface area contributed by atoms with Crippen molar-refractivity contribution in [3.8, 4) is 0 Å². The third-order valence-corrected chi connectivity index (χ3v) is 4.44. The van der Waals surface area contributed by atoms with E-state index in [0.29, 0.717) is 0 Å². The van der Waals surface area contributed by atoms with Gasteiger partial charge in [-0.05, 0) is 36.3 Å². The summed E-state index contributed by atoms with van der Waals surface area (Å²) < 4.78 is 1.07. The molecule has 0 fully saturated rings. The number of rotatable bonds is 4. The minimum Gasteiger partial charge on any atom is -0.481 e. The average molecular weight is 309 g/mol. The van der Waals surface area contributed by atoms with Crippen LogP contribution in [0.25, 0.3) is 21.9 Å². The number of carbonyl (C=O) groups is 1. The number of benzene rings is 2. The van der Waals surface area contributed by atoms with Gasteiger partial charge in [-0.15, -0.1) is 11.3 Å². The summed E-state index contributed by atoms with van der Waals surface area (Å²) in [5, 5.41) is 9.95. The van der Waals surface area contributed by atoms with Crippen molar-refractivity contribution in [1.29, 1.82) is 0 Å². The van der Waals surface area contributed by atoms with Gasteiger partial charge in [0.25, 0.3) is 0 Å². The van der Waals surface area contributed by atoms with Crippen molar-refractivity contribution in [2.24, 2.45) is 0 Å². The van der Waals surface area contributed by atoms with Crippen LogP contribution in [0.15, 0.2) is 48.5 Å².